The van der Waals surface area contributed by atoms with E-state index in [0.29, 0.717) is 10.8 Å². The van der Waals surface area contributed by atoms with Crippen LogP contribution in [0.25, 0.3) is 0 Å². The van der Waals surface area contributed by atoms with E-state index in [9.17, 15) is 14.9 Å². The van der Waals surface area contributed by atoms with Gasteiger partial charge < -0.3 is 9.47 Å². The zero-order valence-electron chi connectivity index (χ0n) is 12.3. The molecule has 0 aliphatic heterocycles. The molecule has 0 amide bonds. The summed E-state index contributed by atoms with van der Waals surface area (Å²) in [6.45, 7) is 1.88. The van der Waals surface area contributed by atoms with Gasteiger partial charge in [0, 0.05) is 5.56 Å². The molecule has 6 nitrogen and oxygen atoms in total. The summed E-state index contributed by atoms with van der Waals surface area (Å²) in [4.78, 5) is 22.4. The summed E-state index contributed by atoms with van der Waals surface area (Å²) in [6.07, 6.45) is -0.204. The van der Waals surface area contributed by atoms with E-state index in [-0.39, 0.29) is 30.0 Å². The van der Waals surface area contributed by atoms with Gasteiger partial charge in [0.2, 0.25) is 5.75 Å². The van der Waals surface area contributed by atoms with Gasteiger partial charge in [-0.3, -0.25) is 14.9 Å². The van der Waals surface area contributed by atoms with Crippen LogP contribution in [-0.2, 0) is 16.0 Å². The van der Waals surface area contributed by atoms with Gasteiger partial charge in [0.05, 0.1) is 23.0 Å². The highest BCUT2D eigenvalue weighted by molar-refractivity contribution is 6.32. The molecule has 0 aromatic heterocycles. The predicted octanol–water partition coefficient (Wildman–Crippen LogP) is 4.15. The third-order valence-electron chi connectivity index (χ3n) is 2.96. The number of benzene rings is 2. The lowest BCUT2D eigenvalue weighted by molar-refractivity contribution is -0.386. The van der Waals surface area contributed by atoms with Crippen molar-refractivity contribution in [1.29, 1.82) is 0 Å². The van der Waals surface area contributed by atoms with Crippen molar-refractivity contribution in [2.24, 2.45) is 0 Å². The number of rotatable bonds is 6. The van der Waals surface area contributed by atoms with Crippen LogP contribution in [0, 0.1) is 10.1 Å². The molecule has 0 atom stereocenters. The van der Waals surface area contributed by atoms with Gasteiger partial charge in [0.25, 0.3) is 0 Å². The van der Waals surface area contributed by atoms with Crippen LogP contribution in [0.2, 0.25) is 5.02 Å². The summed E-state index contributed by atoms with van der Waals surface area (Å²) in [7, 11) is 0. The van der Waals surface area contributed by atoms with Crippen LogP contribution >= 0.6 is 11.6 Å². The molecule has 0 heterocycles. The highest BCUT2D eigenvalue weighted by Crippen LogP contribution is 2.37. The van der Waals surface area contributed by atoms with Crippen LogP contribution in [0.4, 0.5) is 5.69 Å². The number of nitro groups is 1. The van der Waals surface area contributed by atoms with Gasteiger partial charge >= 0.3 is 11.7 Å². The number of esters is 1. The van der Waals surface area contributed by atoms with Crippen LogP contribution < -0.4 is 4.74 Å². The van der Waals surface area contributed by atoms with Crippen molar-refractivity contribution < 1.29 is 19.2 Å². The van der Waals surface area contributed by atoms with Crippen molar-refractivity contribution in [3.63, 3.8) is 0 Å². The summed E-state index contributed by atoms with van der Waals surface area (Å²) in [6, 6.07) is 11.2. The Morgan fingerprint density at radius 1 is 1.17 bits per heavy atom. The van der Waals surface area contributed by atoms with Crippen LogP contribution in [0.15, 0.2) is 42.5 Å². The number of hydrogen-bond acceptors (Lipinski definition) is 5. The number of carbonyl (C=O) groups excluding carboxylic acids is 1. The fourth-order valence-electron chi connectivity index (χ4n) is 2.01. The van der Waals surface area contributed by atoms with Crippen LogP contribution in [0.1, 0.15) is 12.5 Å². The molecular weight excluding hydrogens is 322 g/mol. The lowest BCUT2D eigenvalue weighted by atomic mass is 10.1. The Bertz CT molecular complexity index is 732. The third-order valence-corrected chi connectivity index (χ3v) is 3.27. The summed E-state index contributed by atoms with van der Waals surface area (Å²) in [5.41, 5.74) is -0.0570. The molecule has 2 aromatic rings. The second-order valence-corrected chi connectivity index (χ2v) is 4.94. The second-order valence-electron chi connectivity index (χ2n) is 4.54. The SMILES string of the molecule is CCOC(=O)Cc1cccc(Oc2ccccc2Cl)c1[N+](=O)[O-]. The molecular formula is C16H14ClNO5. The molecule has 0 N–H and O–H groups in total. The van der Waals surface area contributed by atoms with E-state index in [1.807, 2.05) is 0 Å². The largest absolute Gasteiger partial charge is 0.466 e. The lowest BCUT2D eigenvalue weighted by Crippen LogP contribution is -2.09. The quantitative estimate of drug-likeness (QED) is 0.450. The summed E-state index contributed by atoms with van der Waals surface area (Å²) in [5.74, 6) is -0.221. The number of hydrogen-bond donors (Lipinski definition) is 0. The molecule has 23 heavy (non-hydrogen) atoms. The number of ether oxygens (including phenoxy) is 2. The van der Waals surface area contributed by atoms with Crippen LogP contribution in [0.5, 0.6) is 11.5 Å². The number of nitrogens with zero attached hydrogens (tertiary/aromatic N) is 1. The monoisotopic (exact) mass is 335 g/mol. The molecule has 0 bridgehead atoms. The number of para-hydroxylation sites is 2. The fraction of sp³-hybridized carbons (Fsp3) is 0.188. The fourth-order valence-corrected chi connectivity index (χ4v) is 2.19. The molecule has 120 valence electrons. The van der Waals surface area contributed by atoms with Gasteiger partial charge in [0.15, 0.2) is 0 Å². The molecule has 0 saturated carbocycles. The Morgan fingerprint density at radius 2 is 1.87 bits per heavy atom. The Labute approximate surface area is 137 Å². The first-order valence-electron chi connectivity index (χ1n) is 6.87. The first-order chi connectivity index (χ1) is 11.0. The molecule has 0 radical (unpaired) electrons. The minimum atomic E-state index is -0.583. The highest BCUT2D eigenvalue weighted by Gasteiger charge is 2.23. The Kier molecular flexibility index (Phi) is 5.54. The molecule has 7 heteroatoms. The maximum absolute atomic E-state index is 11.6. The van der Waals surface area contributed by atoms with Crippen molar-refractivity contribution in [3.05, 3.63) is 63.2 Å². The number of carbonyl (C=O) groups is 1. The summed E-state index contributed by atoms with van der Waals surface area (Å²) in [5, 5.41) is 11.7. The van der Waals surface area contributed by atoms with Crippen LogP contribution in [-0.4, -0.2) is 17.5 Å². The van der Waals surface area contributed by atoms with Crippen molar-refractivity contribution >= 4 is 23.3 Å². The van der Waals surface area contributed by atoms with Crippen LogP contribution in [0.3, 0.4) is 0 Å². The zero-order chi connectivity index (χ0) is 16.8. The molecule has 2 rings (SSSR count). The number of nitro benzene ring substituents is 1. The van der Waals surface area contributed by atoms with Crippen molar-refractivity contribution in [2.75, 3.05) is 6.61 Å². The van der Waals surface area contributed by atoms with E-state index < -0.39 is 10.9 Å². The van der Waals surface area contributed by atoms with E-state index in [1.54, 1.807) is 37.3 Å². The van der Waals surface area contributed by atoms with Gasteiger partial charge in [-0.25, -0.2) is 0 Å². The van der Waals surface area contributed by atoms with Gasteiger partial charge in [-0.1, -0.05) is 35.9 Å². The van der Waals surface area contributed by atoms with Crippen molar-refractivity contribution in [1.82, 2.24) is 0 Å². The van der Waals surface area contributed by atoms with Crippen molar-refractivity contribution in [3.8, 4) is 11.5 Å². The Morgan fingerprint density at radius 3 is 2.52 bits per heavy atom. The smallest absolute Gasteiger partial charge is 0.315 e. The van der Waals surface area contributed by atoms with E-state index in [2.05, 4.69) is 0 Å². The van der Waals surface area contributed by atoms with E-state index in [4.69, 9.17) is 21.1 Å². The molecule has 0 aliphatic rings. The predicted molar refractivity (Wildman–Crippen MR) is 85.0 cm³/mol. The Balaban J connectivity index is 2.38. The minimum Gasteiger partial charge on any atom is -0.466 e. The van der Waals surface area contributed by atoms with Gasteiger partial charge in [-0.2, -0.15) is 0 Å². The normalized spacial score (nSPS) is 10.2. The Hall–Kier alpha value is -2.60. The maximum Gasteiger partial charge on any atom is 0.315 e. The molecule has 0 spiro atoms. The van der Waals surface area contributed by atoms with E-state index >= 15 is 0 Å². The summed E-state index contributed by atoms with van der Waals surface area (Å²) < 4.78 is 10.4. The average Bonchev–Trinajstić information content (AvgIpc) is 2.49. The van der Waals surface area contributed by atoms with Crippen molar-refractivity contribution in [2.45, 2.75) is 13.3 Å². The maximum atomic E-state index is 11.6. The third kappa shape index (κ3) is 4.20. The first kappa shape index (κ1) is 16.8. The highest BCUT2D eigenvalue weighted by atomic mass is 35.5. The molecule has 2 aromatic carbocycles. The standard InChI is InChI=1S/C16H14ClNO5/c1-2-22-15(19)10-11-6-5-9-14(16(11)18(20)21)23-13-8-4-3-7-12(13)17/h3-9H,2,10H2,1H3. The van der Waals surface area contributed by atoms with Gasteiger partial charge in [-0.05, 0) is 25.1 Å². The van der Waals surface area contributed by atoms with E-state index in [0.717, 1.165) is 0 Å². The number of halogens is 1. The molecule has 0 aliphatic carbocycles. The molecule has 0 unspecified atom stereocenters. The van der Waals surface area contributed by atoms with Gasteiger partial charge in [0.1, 0.15) is 5.75 Å². The second kappa shape index (κ2) is 7.60. The van der Waals surface area contributed by atoms with Gasteiger partial charge in [-0.15, -0.1) is 0 Å². The summed E-state index contributed by atoms with van der Waals surface area (Å²) >= 11 is 6.00. The topological polar surface area (TPSA) is 78.7 Å². The molecule has 0 saturated heterocycles. The lowest BCUT2D eigenvalue weighted by Gasteiger charge is -2.10. The zero-order valence-corrected chi connectivity index (χ0v) is 13.1. The minimum absolute atomic E-state index is 0.0184. The molecule has 0 fully saturated rings. The average molecular weight is 336 g/mol. The first-order valence-corrected chi connectivity index (χ1v) is 7.25. The van der Waals surface area contributed by atoms with E-state index in [1.165, 1.54) is 12.1 Å².